The molecule has 0 aliphatic carbocycles. The Balaban J connectivity index is 1.87. The molecular weight excluding hydrogens is 320 g/mol. The molecule has 0 radical (unpaired) electrons. The first-order valence-electron chi connectivity index (χ1n) is 7.46. The predicted octanol–water partition coefficient (Wildman–Crippen LogP) is 1.27. The van der Waals surface area contributed by atoms with E-state index in [2.05, 4.69) is 5.10 Å². The molecule has 0 atom stereocenters. The van der Waals surface area contributed by atoms with E-state index in [4.69, 9.17) is 23.8 Å². The number of hydrogen-bond donors (Lipinski definition) is 2. The van der Waals surface area contributed by atoms with Crippen LogP contribution < -0.4 is 4.90 Å². The molecule has 1 aliphatic rings. The number of quaternary nitrogens is 1. The van der Waals surface area contributed by atoms with E-state index < -0.39 is 0 Å². The van der Waals surface area contributed by atoms with Gasteiger partial charge in [0.05, 0.1) is 24.2 Å². The molecule has 0 bridgehead atoms. The van der Waals surface area contributed by atoms with Crippen LogP contribution in [0.2, 0.25) is 5.02 Å². The van der Waals surface area contributed by atoms with E-state index in [9.17, 15) is 5.11 Å². The first kappa shape index (κ1) is 15.7. The van der Waals surface area contributed by atoms with Gasteiger partial charge < -0.3 is 14.6 Å². The fraction of sp³-hybridized carbons (Fsp3) is 0.467. The number of piperidine rings is 1. The fourth-order valence-corrected chi connectivity index (χ4v) is 3.26. The summed E-state index contributed by atoms with van der Waals surface area (Å²) in [4.78, 5) is 1.39. The maximum absolute atomic E-state index is 9.60. The van der Waals surface area contributed by atoms with Crippen LogP contribution in [0.4, 0.5) is 0 Å². The minimum atomic E-state index is -0.154. The van der Waals surface area contributed by atoms with Gasteiger partial charge in [0, 0.05) is 25.5 Å². The summed E-state index contributed by atoms with van der Waals surface area (Å²) < 4.78 is 4.45. The number of likely N-dealkylation sites (tertiary alicyclic amines) is 1. The Morgan fingerprint density at radius 1 is 1.36 bits per heavy atom. The normalized spacial score (nSPS) is 22.0. The van der Waals surface area contributed by atoms with E-state index in [0.717, 1.165) is 44.0 Å². The SMILES string of the molecule is Cn1c(-c2ccccc2Cl)nn(C[NH+]2CCC(O)CC2)c1=S. The summed E-state index contributed by atoms with van der Waals surface area (Å²) in [7, 11) is 1.92. The molecule has 7 heteroatoms. The molecule has 2 heterocycles. The van der Waals surface area contributed by atoms with Crippen LogP contribution >= 0.6 is 23.8 Å². The molecule has 1 aliphatic heterocycles. The topological polar surface area (TPSA) is 47.4 Å². The number of aliphatic hydroxyl groups is 1. The number of hydrogen-bond acceptors (Lipinski definition) is 3. The fourth-order valence-electron chi connectivity index (χ4n) is 2.85. The summed E-state index contributed by atoms with van der Waals surface area (Å²) in [6.07, 6.45) is 1.53. The van der Waals surface area contributed by atoms with E-state index >= 15 is 0 Å². The van der Waals surface area contributed by atoms with Crippen LogP contribution in [0.3, 0.4) is 0 Å². The number of aliphatic hydroxyl groups excluding tert-OH is 1. The predicted molar refractivity (Wildman–Crippen MR) is 88.4 cm³/mol. The number of nitrogens with one attached hydrogen (secondary N) is 1. The first-order valence-corrected chi connectivity index (χ1v) is 8.25. The maximum Gasteiger partial charge on any atom is 0.202 e. The van der Waals surface area contributed by atoms with Gasteiger partial charge in [-0.1, -0.05) is 23.7 Å². The lowest BCUT2D eigenvalue weighted by molar-refractivity contribution is -0.929. The lowest BCUT2D eigenvalue weighted by Crippen LogP contribution is -3.12. The molecule has 0 saturated carbocycles. The van der Waals surface area contributed by atoms with Crippen molar-refractivity contribution in [3.05, 3.63) is 34.1 Å². The Morgan fingerprint density at radius 2 is 2.05 bits per heavy atom. The molecule has 22 heavy (non-hydrogen) atoms. The number of aromatic nitrogens is 3. The van der Waals surface area contributed by atoms with Gasteiger partial charge in [0.15, 0.2) is 12.5 Å². The number of benzene rings is 1. The van der Waals surface area contributed by atoms with Gasteiger partial charge in [0.1, 0.15) is 0 Å². The Labute approximate surface area is 139 Å². The van der Waals surface area contributed by atoms with Crippen molar-refractivity contribution >= 4 is 23.8 Å². The minimum absolute atomic E-state index is 0.154. The summed E-state index contributed by atoms with van der Waals surface area (Å²) in [6, 6.07) is 7.66. The third kappa shape index (κ3) is 3.10. The van der Waals surface area contributed by atoms with Gasteiger partial charge in [-0.15, -0.1) is 5.10 Å². The second kappa shape index (κ2) is 6.50. The zero-order chi connectivity index (χ0) is 15.7. The molecule has 3 rings (SSSR count). The van der Waals surface area contributed by atoms with E-state index in [1.807, 2.05) is 40.6 Å². The third-order valence-corrected chi connectivity index (χ3v) is 5.01. The molecule has 2 N–H and O–H groups in total. The van der Waals surface area contributed by atoms with Gasteiger partial charge in [-0.3, -0.25) is 0 Å². The molecule has 118 valence electrons. The van der Waals surface area contributed by atoms with Crippen molar-refractivity contribution in [2.75, 3.05) is 13.1 Å². The Morgan fingerprint density at radius 3 is 2.73 bits per heavy atom. The summed E-state index contributed by atoms with van der Waals surface area (Å²) in [6.45, 7) is 2.62. The molecule has 0 unspecified atom stereocenters. The van der Waals surface area contributed by atoms with Crippen molar-refractivity contribution in [2.24, 2.45) is 7.05 Å². The van der Waals surface area contributed by atoms with Crippen LogP contribution in [0.5, 0.6) is 0 Å². The van der Waals surface area contributed by atoms with Gasteiger partial charge in [-0.05, 0) is 24.4 Å². The number of nitrogens with zero attached hydrogens (tertiary/aromatic N) is 3. The molecule has 5 nitrogen and oxygen atoms in total. The van der Waals surface area contributed by atoms with Gasteiger partial charge >= 0.3 is 0 Å². The molecule has 2 aromatic rings. The van der Waals surface area contributed by atoms with E-state index in [-0.39, 0.29) is 6.10 Å². The van der Waals surface area contributed by atoms with Gasteiger partial charge in [0.2, 0.25) is 4.77 Å². The van der Waals surface area contributed by atoms with E-state index in [1.165, 1.54) is 4.90 Å². The highest BCUT2D eigenvalue weighted by molar-refractivity contribution is 7.71. The summed E-state index contributed by atoms with van der Waals surface area (Å²) in [5.74, 6) is 0.784. The quantitative estimate of drug-likeness (QED) is 0.828. The highest BCUT2D eigenvalue weighted by atomic mass is 35.5. The van der Waals surface area contributed by atoms with Crippen LogP contribution in [-0.2, 0) is 13.7 Å². The summed E-state index contributed by atoms with van der Waals surface area (Å²) in [5, 5.41) is 14.9. The number of halogens is 1. The molecule has 1 aromatic carbocycles. The Kier molecular flexibility index (Phi) is 4.63. The lowest BCUT2D eigenvalue weighted by Gasteiger charge is -2.26. The van der Waals surface area contributed by atoms with Crippen molar-refractivity contribution < 1.29 is 10.0 Å². The van der Waals surface area contributed by atoms with Crippen LogP contribution in [0.25, 0.3) is 11.4 Å². The Bertz CT molecular complexity index is 719. The average molecular weight is 340 g/mol. The third-order valence-electron chi connectivity index (χ3n) is 4.19. The van der Waals surface area contributed by atoms with Gasteiger partial charge in [-0.25, -0.2) is 0 Å². The molecule has 1 aromatic heterocycles. The first-order chi connectivity index (χ1) is 10.6. The summed E-state index contributed by atoms with van der Waals surface area (Å²) >= 11 is 11.8. The van der Waals surface area contributed by atoms with Gasteiger partial charge in [0.25, 0.3) is 0 Å². The molecule has 1 fully saturated rings. The van der Waals surface area contributed by atoms with Crippen molar-refractivity contribution in [1.82, 2.24) is 14.3 Å². The molecular formula is C15H20ClN4OS+. The zero-order valence-electron chi connectivity index (χ0n) is 12.5. The van der Waals surface area contributed by atoms with Crippen molar-refractivity contribution in [3.63, 3.8) is 0 Å². The van der Waals surface area contributed by atoms with Gasteiger partial charge in [-0.2, -0.15) is 4.68 Å². The average Bonchev–Trinajstić information content (AvgIpc) is 2.78. The largest absolute Gasteiger partial charge is 0.393 e. The maximum atomic E-state index is 9.60. The second-order valence-electron chi connectivity index (χ2n) is 5.78. The molecule has 1 saturated heterocycles. The molecule has 0 amide bonds. The summed E-state index contributed by atoms with van der Waals surface area (Å²) in [5.41, 5.74) is 0.889. The van der Waals surface area contributed by atoms with Crippen molar-refractivity contribution in [3.8, 4) is 11.4 Å². The van der Waals surface area contributed by atoms with Crippen LogP contribution in [-0.4, -0.2) is 38.6 Å². The van der Waals surface area contributed by atoms with Crippen molar-refractivity contribution in [1.29, 1.82) is 0 Å². The van der Waals surface area contributed by atoms with E-state index in [1.54, 1.807) is 0 Å². The highest BCUT2D eigenvalue weighted by Gasteiger charge is 2.22. The highest BCUT2D eigenvalue weighted by Crippen LogP contribution is 2.25. The minimum Gasteiger partial charge on any atom is -0.393 e. The number of rotatable bonds is 3. The molecule has 0 spiro atoms. The Hall–Kier alpha value is -1.21. The van der Waals surface area contributed by atoms with Crippen molar-refractivity contribution in [2.45, 2.75) is 25.6 Å². The monoisotopic (exact) mass is 339 g/mol. The lowest BCUT2D eigenvalue weighted by atomic mass is 10.1. The van der Waals surface area contributed by atoms with E-state index in [0.29, 0.717) is 9.79 Å². The second-order valence-corrected chi connectivity index (χ2v) is 6.56. The van der Waals surface area contributed by atoms with Crippen LogP contribution in [0, 0.1) is 4.77 Å². The van der Waals surface area contributed by atoms with Crippen LogP contribution in [0.15, 0.2) is 24.3 Å². The smallest absolute Gasteiger partial charge is 0.202 e. The standard InChI is InChI=1S/C15H19ClN4OS/c1-18-14(12-4-2-3-5-13(12)16)17-20(15(18)22)10-19-8-6-11(21)7-9-19/h2-5,11,21H,6-10H2,1H3/p+1. The van der Waals surface area contributed by atoms with Crippen LogP contribution in [0.1, 0.15) is 12.8 Å². The zero-order valence-corrected chi connectivity index (χ0v) is 14.1.